The van der Waals surface area contributed by atoms with Gasteiger partial charge in [0, 0.05) is 16.3 Å². The minimum atomic E-state index is -0.246. The number of tetrazole rings is 1. The molecule has 144 valence electrons. The van der Waals surface area contributed by atoms with Crippen molar-refractivity contribution >= 4 is 23.4 Å². The van der Waals surface area contributed by atoms with E-state index in [1.807, 2.05) is 30.3 Å². The molecule has 0 saturated carbocycles. The Labute approximate surface area is 170 Å². The molecule has 0 fully saturated rings. The number of anilines is 1. The highest BCUT2D eigenvalue weighted by molar-refractivity contribution is 7.98. The summed E-state index contributed by atoms with van der Waals surface area (Å²) in [7, 11) is 0. The largest absolute Gasteiger partial charge is 0.322 e. The molecule has 4 rings (SSSR count). The van der Waals surface area contributed by atoms with Crippen LogP contribution in [0.2, 0.25) is 0 Å². The van der Waals surface area contributed by atoms with Gasteiger partial charge in [0.1, 0.15) is 12.1 Å². The summed E-state index contributed by atoms with van der Waals surface area (Å²) in [5.41, 5.74) is 2.58. The predicted octanol–water partition coefficient (Wildman–Crippen LogP) is 4.35. The van der Waals surface area contributed by atoms with Gasteiger partial charge in [0.05, 0.1) is 11.3 Å². The second-order valence-electron chi connectivity index (χ2n) is 6.13. The van der Waals surface area contributed by atoms with Gasteiger partial charge in [-0.1, -0.05) is 30.3 Å². The molecule has 0 radical (unpaired) electrons. The van der Waals surface area contributed by atoms with E-state index in [0.717, 1.165) is 10.6 Å². The summed E-state index contributed by atoms with van der Waals surface area (Å²) in [6.45, 7) is 0. The van der Waals surface area contributed by atoms with Gasteiger partial charge < -0.3 is 5.32 Å². The van der Waals surface area contributed by atoms with Crippen molar-refractivity contribution in [2.45, 2.75) is 10.6 Å². The van der Waals surface area contributed by atoms with Crippen molar-refractivity contribution in [3.63, 3.8) is 0 Å². The van der Waals surface area contributed by atoms with Crippen molar-refractivity contribution in [1.29, 1.82) is 0 Å². The number of carbonyl (C=O) groups is 1. The van der Waals surface area contributed by atoms with Crippen LogP contribution in [0, 0.1) is 5.82 Å². The van der Waals surface area contributed by atoms with E-state index in [-0.39, 0.29) is 11.7 Å². The van der Waals surface area contributed by atoms with Gasteiger partial charge in [-0.15, -0.1) is 16.9 Å². The number of carbonyl (C=O) groups excluding carboxylic acids is 1. The third-order valence-electron chi connectivity index (χ3n) is 4.21. The third kappa shape index (κ3) is 4.49. The van der Waals surface area contributed by atoms with E-state index in [0.29, 0.717) is 22.6 Å². The fourth-order valence-electron chi connectivity index (χ4n) is 2.73. The van der Waals surface area contributed by atoms with Crippen molar-refractivity contribution < 1.29 is 9.18 Å². The molecule has 1 amide bonds. The number of benzene rings is 3. The van der Waals surface area contributed by atoms with Crippen LogP contribution in [0.25, 0.3) is 5.69 Å². The maximum absolute atomic E-state index is 13.9. The number of thioether (sulfide) groups is 1. The van der Waals surface area contributed by atoms with Gasteiger partial charge in [-0.05, 0) is 58.5 Å². The molecule has 8 heteroatoms. The number of halogens is 1. The van der Waals surface area contributed by atoms with Gasteiger partial charge in [0.25, 0.3) is 5.91 Å². The first kappa shape index (κ1) is 18.8. The average molecular weight is 405 g/mol. The molecule has 4 aromatic rings. The molecule has 1 heterocycles. The standard InChI is InChI=1S/C21H16FN5OS/c22-19-7-3-1-5-15(19)13-29-20-8-4-2-6-18(20)21(28)24-16-9-11-17(12-10-16)27-14-23-25-26-27/h1-12,14H,13H2,(H,24,28). The van der Waals surface area contributed by atoms with Crippen LogP contribution in [-0.2, 0) is 5.75 Å². The molecule has 0 bridgehead atoms. The average Bonchev–Trinajstić information content (AvgIpc) is 3.29. The van der Waals surface area contributed by atoms with E-state index >= 15 is 0 Å². The zero-order chi connectivity index (χ0) is 20.1. The smallest absolute Gasteiger partial charge is 0.256 e. The Morgan fingerprint density at radius 2 is 1.76 bits per heavy atom. The molecule has 0 aliphatic carbocycles. The van der Waals surface area contributed by atoms with Gasteiger partial charge in [0.2, 0.25) is 0 Å². The SMILES string of the molecule is O=C(Nc1ccc(-n2cnnn2)cc1)c1ccccc1SCc1ccccc1F. The minimum absolute atomic E-state index is 0.225. The Kier molecular flexibility index (Phi) is 5.62. The summed E-state index contributed by atoms with van der Waals surface area (Å²) in [4.78, 5) is 13.6. The van der Waals surface area contributed by atoms with Crippen molar-refractivity contribution in [2.24, 2.45) is 0 Å². The van der Waals surface area contributed by atoms with E-state index in [2.05, 4.69) is 20.8 Å². The van der Waals surface area contributed by atoms with Gasteiger partial charge in [-0.3, -0.25) is 4.79 Å². The number of rotatable bonds is 6. The summed E-state index contributed by atoms with van der Waals surface area (Å²) in [5, 5.41) is 13.9. The molecule has 6 nitrogen and oxygen atoms in total. The molecule has 29 heavy (non-hydrogen) atoms. The van der Waals surface area contributed by atoms with E-state index < -0.39 is 0 Å². The summed E-state index contributed by atoms with van der Waals surface area (Å²) in [5.74, 6) is -0.0288. The Bertz CT molecular complexity index is 1120. The van der Waals surface area contributed by atoms with Crippen LogP contribution < -0.4 is 5.32 Å². The summed E-state index contributed by atoms with van der Waals surface area (Å²) in [6.07, 6.45) is 1.50. The normalized spacial score (nSPS) is 10.7. The van der Waals surface area contributed by atoms with Crippen LogP contribution in [0.15, 0.2) is 84.0 Å². The molecule has 0 aliphatic heterocycles. The second-order valence-corrected chi connectivity index (χ2v) is 7.15. The van der Waals surface area contributed by atoms with E-state index in [4.69, 9.17) is 0 Å². The molecule has 1 aromatic heterocycles. The fraction of sp³-hybridized carbons (Fsp3) is 0.0476. The number of amides is 1. The highest BCUT2D eigenvalue weighted by Crippen LogP contribution is 2.28. The van der Waals surface area contributed by atoms with Crippen LogP contribution in [0.1, 0.15) is 15.9 Å². The van der Waals surface area contributed by atoms with Crippen LogP contribution >= 0.6 is 11.8 Å². The maximum Gasteiger partial charge on any atom is 0.256 e. The summed E-state index contributed by atoms with van der Waals surface area (Å²) in [6, 6.07) is 21.1. The van der Waals surface area contributed by atoms with Gasteiger partial charge in [-0.25, -0.2) is 9.07 Å². The van der Waals surface area contributed by atoms with Crippen LogP contribution in [0.5, 0.6) is 0 Å². The lowest BCUT2D eigenvalue weighted by Crippen LogP contribution is -2.13. The Balaban J connectivity index is 1.47. The zero-order valence-corrected chi connectivity index (χ0v) is 16.0. The monoisotopic (exact) mass is 405 g/mol. The molecular weight excluding hydrogens is 389 g/mol. The Hall–Kier alpha value is -3.52. The number of nitrogens with zero attached hydrogens (tertiary/aromatic N) is 4. The predicted molar refractivity (Wildman–Crippen MR) is 110 cm³/mol. The number of aromatic nitrogens is 4. The van der Waals surface area contributed by atoms with Crippen molar-refractivity contribution in [3.05, 3.63) is 96.1 Å². The Morgan fingerprint density at radius 3 is 2.52 bits per heavy atom. The first-order chi connectivity index (χ1) is 14.2. The molecule has 3 aromatic carbocycles. The molecule has 0 saturated heterocycles. The summed E-state index contributed by atoms with van der Waals surface area (Å²) >= 11 is 1.43. The number of hydrogen-bond acceptors (Lipinski definition) is 5. The number of nitrogens with one attached hydrogen (secondary N) is 1. The Morgan fingerprint density at radius 1 is 1.00 bits per heavy atom. The first-order valence-corrected chi connectivity index (χ1v) is 9.79. The summed E-state index contributed by atoms with van der Waals surface area (Å²) < 4.78 is 15.4. The van der Waals surface area contributed by atoms with E-state index in [1.165, 1.54) is 28.8 Å². The minimum Gasteiger partial charge on any atom is -0.322 e. The van der Waals surface area contributed by atoms with Gasteiger partial charge in [-0.2, -0.15) is 0 Å². The van der Waals surface area contributed by atoms with Gasteiger partial charge in [0.15, 0.2) is 0 Å². The molecule has 0 spiro atoms. The fourth-order valence-corrected chi connectivity index (χ4v) is 3.76. The lowest BCUT2D eigenvalue weighted by molar-refractivity contribution is 0.102. The molecule has 0 aliphatic rings. The van der Waals surface area contributed by atoms with Crippen molar-refractivity contribution in [3.8, 4) is 5.69 Å². The quantitative estimate of drug-likeness (QED) is 0.483. The van der Waals surface area contributed by atoms with Crippen LogP contribution in [0.3, 0.4) is 0 Å². The highest BCUT2D eigenvalue weighted by atomic mass is 32.2. The molecular formula is C21H16FN5OS. The van der Waals surface area contributed by atoms with Gasteiger partial charge >= 0.3 is 0 Å². The maximum atomic E-state index is 13.9. The topological polar surface area (TPSA) is 72.7 Å². The zero-order valence-electron chi connectivity index (χ0n) is 15.2. The highest BCUT2D eigenvalue weighted by Gasteiger charge is 2.13. The molecule has 0 unspecified atom stereocenters. The lowest BCUT2D eigenvalue weighted by atomic mass is 10.2. The number of hydrogen-bond donors (Lipinski definition) is 1. The molecule has 0 atom stereocenters. The molecule has 1 N–H and O–H groups in total. The second kappa shape index (κ2) is 8.66. The van der Waals surface area contributed by atoms with Crippen molar-refractivity contribution in [2.75, 3.05) is 5.32 Å². The first-order valence-electron chi connectivity index (χ1n) is 8.81. The third-order valence-corrected chi connectivity index (χ3v) is 5.33. The van der Waals surface area contributed by atoms with E-state index in [1.54, 1.807) is 36.4 Å². The van der Waals surface area contributed by atoms with Crippen LogP contribution in [-0.4, -0.2) is 26.1 Å². The van der Waals surface area contributed by atoms with E-state index in [9.17, 15) is 9.18 Å². The van der Waals surface area contributed by atoms with Crippen LogP contribution in [0.4, 0.5) is 10.1 Å². The lowest BCUT2D eigenvalue weighted by Gasteiger charge is -2.11. The van der Waals surface area contributed by atoms with Crippen molar-refractivity contribution in [1.82, 2.24) is 20.2 Å².